The Kier molecular flexibility index (Phi) is 4.46. The van der Waals surface area contributed by atoms with Gasteiger partial charge in [-0.1, -0.05) is 18.2 Å². The van der Waals surface area contributed by atoms with Gasteiger partial charge in [-0.15, -0.1) is 0 Å². The van der Waals surface area contributed by atoms with Gasteiger partial charge in [0.05, 0.1) is 12.5 Å². The van der Waals surface area contributed by atoms with E-state index in [0.29, 0.717) is 6.61 Å². The van der Waals surface area contributed by atoms with Crippen molar-refractivity contribution in [3.05, 3.63) is 29.3 Å². The lowest BCUT2D eigenvalue weighted by Gasteiger charge is -2.34. The van der Waals surface area contributed by atoms with Crippen LogP contribution in [0.2, 0.25) is 0 Å². The number of hydrogen-bond donors (Lipinski definition) is 0. The van der Waals surface area contributed by atoms with Crippen molar-refractivity contribution in [3.63, 3.8) is 0 Å². The van der Waals surface area contributed by atoms with Crippen LogP contribution in [0.5, 0.6) is 0 Å². The van der Waals surface area contributed by atoms with E-state index in [9.17, 15) is 4.79 Å². The average Bonchev–Trinajstić information content (AvgIpc) is 2.39. The molecule has 1 aliphatic rings. The van der Waals surface area contributed by atoms with Crippen molar-refractivity contribution in [2.75, 3.05) is 24.6 Å². The largest absolute Gasteiger partial charge is 0.466 e. The van der Waals surface area contributed by atoms with E-state index >= 15 is 0 Å². The summed E-state index contributed by atoms with van der Waals surface area (Å²) in [6, 6.07) is 6.40. The molecule has 0 amide bonds. The topological polar surface area (TPSA) is 29.5 Å². The fraction of sp³-hybridized carbons (Fsp3) is 0.562. The molecule has 3 nitrogen and oxygen atoms in total. The van der Waals surface area contributed by atoms with Gasteiger partial charge >= 0.3 is 5.97 Å². The molecule has 0 radical (unpaired) electrons. The zero-order valence-corrected chi connectivity index (χ0v) is 12.1. The Balaban J connectivity index is 2.02. The molecule has 0 spiro atoms. The van der Waals surface area contributed by atoms with Crippen LogP contribution in [0, 0.1) is 19.8 Å². The maximum Gasteiger partial charge on any atom is 0.309 e. The lowest BCUT2D eigenvalue weighted by atomic mass is 9.95. The number of esters is 1. The zero-order valence-electron chi connectivity index (χ0n) is 12.1. The minimum absolute atomic E-state index is 0.0244. The quantitative estimate of drug-likeness (QED) is 0.783. The second-order valence-corrected chi connectivity index (χ2v) is 5.25. The monoisotopic (exact) mass is 261 g/mol. The van der Waals surface area contributed by atoms with Gasteiger partial charge in [0.15, 0.2) is 0 Å². The lowest BCUT2D eigenvalue weighted by molar-refractivity contribution is -0.148. The minimum Gasteiger partial charge on any atom is -0.466 e. The number of para-hydroxylation sites is 1. The number of carbonyl (C=O) groups excluding carboxylic acids is 1. The van der Waals surface area contributed by atoms with Crippen LogP contribution in [0.15, 0.2) is 18.2 Å². The van der Waals surface area contributed by atoms with Crippen LogP contribution >= 0.6 is 0 Å². The molecule has 0 N–H and O–H groups in total. The number of hydrogen-bond acceptors (Lipinski definition) is 3. The van der Waals surface area contributed by atoms with E-state index in [2.05, 4.69) is 36.9 Å². The summed E-state index contributed by atoms with van der Waals surface area (Å²) in [4.78, 5) is 14.1. The van der Waals surface area contributed by atoms with Gasteiger partial charge in [-0.05, 0) is 44.7 Å². The van der Waals surface area contributed by atoms with Gasteiger partial charge in [0.2, 0.25) is 0 Å². The highest BCUT2D eigenvalue weighted by atomic mass is 16.5. The van der Waals surface area contributed by atoms with Gasteiger partial charge in [-0.3, -0.25) is 4.79 Å². The summed E-state index contributed by atoms with van der Waals surface area (Å²) < 4.78 is 5.11. The predicted molar refractivity (Wildman–Crippen MR) is 77.5 cm³/mol. The van der Waals surface area contributed by atoms with Crippen molar-refractivity contribution in [3.8, 4) is 0 Å². The highest BCUT2D eigenvalue weighted by Gasteiger charge is 2.26. The standard InChI is InChI=1S/C16H23NO2/c1-4-19-16(18)14-8-10-17(11-9-14)15-12(2)6-5-7-13(15)3/h5-7,14H,4,8-11H2,1-3H3. The maximum atomic E-state index is 11.7. The smallest absolute Gasteiger partial charge is 0.309 e. The first-order valence-corrected chi connectivity index (χ1v) is 7.11. The third kappa shape index (κ3) is 3.09. The molecular weight excluding hydrogens is 238 g/mol. The summed E-state index contributed by atoms with van der Waals surface area (Å²) >= 11 is 0. The van der Waals surface area contributed by atoms with E-state index in [0.717, 1.165) is 25.9 Å². The molecule has 19 heavy (non-hydrogen) atoms. The number of benzene rings is 1. The Labute approximate surface area is 115 Å². The summed E-state index contributed by atoms with van der Waals surface area (Å²) in [7, 11) is 0. The Hall–Kier alpha value is -1.51. The Morgan fingerprint density at radius 3 is 2.37 bits per heavy atom. The first kappa shape index (κ1) is 13.9. The zero-order chi connectivity index (χ0) is 13.8. The second kappa shape index (κ2) is 6.09. The van der Waals surface area contributed by atoms with E-state index in [4.69, 9.17) is 4.74 Å². The molecule has 0 atom stereocenters. The molecule has 104 valence electrons. The van der Waals surface area contributed by atoms with Crippen LogP contribution in [-0.4, -0.2) is 25.7 Å². The van der Waals surface area contributed by atoms with Gasteiger partial charge in [0.25, 0.3) is 0 Å². The van der Waals surface area contributed by atoms with Crippen molar-refractivity contribution in [2.24, 2.45) is 5.92 Å². The third-order valence-electron chi connectivity index (χ3n) is 3.87. The van der Waals surface area contributed by atoms with Crippen LogP contribution in [-0.2, 0) is 9.53 Å². The molecule has 1 aromatic carbocycles. The molecule has 1 fully saturated rings. The third-order valence-corrected chi connectivity index (χ3v) is 3.87. The van der Waals surface area contributed by atoms with E-state index < -0.39 is 0 Å². The lowest BCUT2D eigenvalue weighted by Crippen LogP contribution is -2.37. The van der Waals surface area contributed by atoms with Crippen LogP contribution < -0.4 is 4.90 Å². The molecule has 1 aliphatic heterocycles. The number of carbonyl (C=O) groups is 1. The Morgan fingerprint density at radius 2 is 1.84 bits per heavy atom. The van der Waals surface area contributed by atoms with Gasteiger partial charge in [-0.2, -0.15) is 0 Å². The van der Waals surface area contributed by atoms with Crippen LogP contribution in [0.3, 0.4) is 0 Å². The molecule has 2 rings (SSSR count). The van der Waals surface area contributed by atoms with Crippen molar-refractivity contribution >= 4 is 11.7 Å². The normalized spacial score (nSPS) is 16.5. The minimum atomic E-state index is -0.0244. The predicted octanol–water partition coefficient (Wildman–Crippen LogP) is 3.08. The average molecular weight is 261 g/mol. The van der Waals surface area contributed by atoms with Crippen molar-refractivity contribution in [1.82, 2.24) is 0 Å². The van der Waals surface area contributed by atoms with Gasteiger partial charge in [0, 0.05) is 18.8 Å². The molecular formula is C16H23NO2. The molecule has 0 aliphatic carbocycles. The second-order valence-electron chi connectivity index (χ2n) is 5.25. The van der Waals surface area contributed by atoms with Crippen LogP contribution in [0.4, 0.5) is 5.69 Å². The maximum absolute atomic E-state index is 11.7. The number of aryl methyl sites for hydroxylation is 2. The molecule has 0 bridgehead atoms. The van der Waals surface area contributed by atoms with E-state index in [-0.39, 0.29) is 11.9 Å². The highest BCUT2D eigenvalue weighted by molar-refractivity contribution is 5.73. The number of nitrogens with zero attached hydrogens (tertiary/aromatic N) is 1. The summed E-state index contributed by atoms with van der Waals surface area (Å²) in [5, 5.41) is 0. The molecule has 1 saturated heterocycles. The summed E-state index contributed by atoms with van der Waals surface area (Å²) in [5.74, 6) is 0.0594. The number of piperidine rings is 1. The van der Waals surface area contributed by atoms with Crippen molar-refractivity contribution in [2.45, 2.75) is 33.6 Å². The Bertz CT molecular complexity index is 428. The number of rotatable bonds is 3. The van der Waals surface area contributed by atoms with E-state index in [1.807, 2.05) is 6.92 Å². The molecule has 0 saturated carbocycles. The van der Waals surface area contributed by atoms with Crippen molar-refractivity contribution < 1.29 is 9.53 Å². The van der Waals surface area contributed by atoms with Gasteiger partial charge < -0.3 is 9.64 Å². The summed E-state index contributed by atoms with van der Waals surface area (Å²) in [6.45, 7) is 8.53. The van der Waals surface area contributed by atoms with Crippen LogP contribution in [0.1, 0.15) is 30.9 Å². The number of ether oxygens (including phenoxy) is 1. The fourth-order valence-electron chi connectivity index (χ4n) is 2.90. The van der Waals surface area contributed by atoms with E-state index in [1.54, 1.807) is 0 Å². The molecule has 1 heterocycles. The van der Waals surface area contributed by atoms with Gasteiger partial charge in [0.1, 0.15) is 0 Å². The van der Waals surface area contributed by atoms with Crippen molar-refractivity contribution in [1.29, 1.82) is 0 Å². The highest BCUT2D eigenvalue weighted by Crippen LogP contribution is 2.29. The number of anilines is 1. The molecule has 3 heteroatoms. The van der Waals surface area contributed by atoms with E-state index in [1.165, 1.54) is 16.8 Å². The fourth-order valence-corrected chi connectivity index (χ4v) is 2.90. The Morgan fingerprint density at radius 1 is 1.26 bits per heavy atom. The molecule has 0 unspecified atom stereocenters. The summed E-state index contributed by atoms with van der Waals surface area (Å²) in [6.07, 6.45) is 1.79. The first-order chi connectivity index (χ1) is 9.13. The first-order valence-electron chi connectivity index (χ1n) is 7.11. The SMILES string of the molecule is CCOC(=O)C1CCN(c2c(C)cccc2C)CC1. The molecule has 0 aromatic heterocycles. The summed E-state index contributed by atoms with van der Waals surface area (Å²) in [5.41, 5.74) is 3.97. The van der Waals surface area contributed by atoms with Crippen LogP contribution in [0.25, 0.3) is 0 Å². The van der Waals surface area contributed by atoms with Gasteiger partial charge in [-0.25, -0.2) is 0 Å². The molecule has 1 aromatic rings.